The zero-order valence-corrected chi connectivity index (χ0v) is 19.1. The number of carbonyl (C=O) groups is 3. The number of ether oxygens (including phenoxy) is 1. The maximum Gasteiger partial charge on any atom is 0.324 e. The number of piperidine rings is 1. The third-order valence-electron chi connectivity index (χ3n) is 7.10. The topological polar surface area (TPSA) is 101 Å². The molecule has 2 saturated heterocycles. The zero-order valence-electron chi connectivity index (χ0n) is 19.1. The second-order valence-electron chi connectivity index (χ2n) is 9.29. The number of carbonyl (C=O) groups excluding carboxylic acids is 3. The van der Waals surface area contributed by atoms with E-state index >= 15 is 0 Å². The predicted molar refractivity (Wildman–Crippen MR) is 123 cm³/mol. The normalized spacial score (nSPS) is 23.5. The van der Waals surface area contributed by atoms with E-state index < -0.39 is 12.1 Å². The van der Waals surface area contributed by atoms with Crippen molar-refractivity contribution in [3.05, 3.63) is 64.1 Å². The Bertz CT molecular complexity index is 1170. The number of likely N-dealkylation sites (tertiary alicyclic amines) is 1. The SMILES string of the molecule is COc1ccc(CCN2C(=O)N[C@@H](CC(=O)N3CC4CC(C3)c3cccc(=O)n3C4)C2=O)cc1. The van der Waals surface area contributed by atoms with Crippen LogP contribution in [0.4, 0.5) is 4.79 Å². The average Bonchev–Trinajstić information content (AvgIpc) is 3.10. The Morgan fingerprint density at radius 2 is 1.85 bits per heavy atom. The van der Waals surface area contributed by atoms with Crippen LogP contribution >= 0.6 is 0 Å². The van der Waals surface area contributed by atoms with Gasteiger partial charge in [-0.2, -0.15) is 0 Å². The number of nitrogens with one attached hydrogen (secondary N) is 1. The average molecular weight is 465 g/mol. The Labute approximate surface area is 197 Å². The van der Waals surface area contributed by atoms with E-state index in [1.165, 1.54) is 4.90 Å². The molecule has 0 spiro atoms. The molecule has 4 heterocycles. The lowest BCUT2D eigenvalue weighted by Crippen LogP contribution is -2.50. The highest BCUT2D eigenvalue weighted by atomic mass is 16.5. The van der Waals surface area contributed by atoms with Crippen molar-refractivity contribution in [3.63, 3.8) is 0 Å². The molecule has 9 heteroatoms. The highest BCUT2D eigenvalue weighted by Gasteiger charge is 2.41. The van der Waals surface area contributed by atoms with E-state index in [2.05, 4.69) is 5.32 Å². The molecule has 2 bridgehead atoms. The first-order valence-electron chi connectivity index (χ1n) is 11.6. The summed E-state index contributed by atoms with van der Waals surface area (Å²) in [5.74, 6) is 0.568. The zero-order chi connectivity index (χ0) is 23.8. The van der Waals surface area contributed by atoms with Gasteiger partial charge in [0.1, 0.15) is 11.8 Å². The van der Waals surface area contributed by atoms with Gasteiger partial charge in [0, 0.05) is 43.9 Å². The minimum atomic E-state index is -0.840. The van der Waals surface area contributed by atoms with Crippen molar-refractivity contribution in [3.8, 4) is 5.75 Å². The van der Waals surface area contributed by atoms with Crippen molar-refractivity contribution < 1.29 is 19.1 Å². The van der Waals surface area contributed by atoms with E-state index in [1.807, 2.05) is 34.9 Å². The summed E-state index contributed by atoms with van der Waals surface area (Å²) < 4.78 is 6.97. The fraction of sp³-hybridized carbons (Fsp3) is 0.440. The van der Waals surface area contributed by atoms with Crippen molar-refractivity contribution in [1.82, 2.24) is 19.7 Å². The molecule has 2 unspecified atom stereocenters. The molecule has 3 atom stereocenters. The number of hydrogen-bond donors (Lipinski definition) is 1. The van der Waals surface area contributed by atoms with Gasteiger partial charge in [-0.1, -0.05) is 18.2 Å². The lowest BCUT2D eigenvalue weighted by Gasteiger charge is -2.43. The van der Waals surface area contributed by atoms with Crippen LogP contribution in [0.15, 0.2) is 47.3 Å². The van der Waals surface area contributed by atoms with Gasteiger partial charge >= 0.3 is 6.03 Å². The molecule has 1 N–H and O–H groups in total. The number of hydrogen-bond acceptors (Lipinski definition) is 5. The van der Waals surface area contributed by atoms with Gasteiger partial charge in [-0.3, -0.25) is 19.3 Å². The highest BCUT2D eigenvalue weighted by molar-refractivity contribution is 6.05. The summed E-state index contributed by atoms with van der Waals surface area (Å²) in [6.07, 6.45) is 1.42. The van der Waals surface area contributed by atoms with E-state index in [-0.39, 0.29) is 42.2 Å². The van der Waals surface area contributed by atoms with Crippen molar-refractivity contribution in [2.45, 2.75) is 37.8 Å². The lowest BCUT2D eigenvalue weighted by molar-refractivity contribution is -0.137. The molecular formula is C25H28N4O5. The number of fused-ring (bicyclic) bond motifs is 4. The molecule has 9 nitrogen and oxygen atoms in total. The maximum atomic E-state index is 13.1. The van der Waals surface area contributed by atoms with Gasteiger partial charge in [0.2, 0.25) is 5.91 Å². The van der Waals surface area contributed by atoms with Crippen LogP contribution in [0.3, 0.4) is 0 Å². The van der Waals surface area contributed by atoms with Crippen molar-refractivity contribution in [2.75, 3.05) is 26.7 Å². The number of nitrogens with zero attached hydrogens (tertiary/aromatic N) is 3. The summed E-state index contributed by atoms with van der Waals surface area (Å²) in [7, 11) is 1.60. The van der Waals surface area contributed by atoms with Crippen molar-refractivity contribution in [2.24, 2.45) is 5.92 Å². The first-order valence-corrected chi connectivity index (χ1v) is 11.6. The Hall–Kier alpha value is -3.62. The summed E-state index contributed by atoms with van der Waals surface area (Å²) in [5.41, 5.74) is 1.96. The summed E-state index contributed by atoms with van der Waals surface area (Å²) >= 11 is 0. The van der Waals surface area contributed by atoms with Crippen LogP contribution in [-0.4, -0.2) is 65.0 Å². The molecule has 0 radical (unpaired) electrons. The highest BCUT2D eigenvalue weighted by Crippen LogP contribution is 2.35. The molecule has 1 aromatic heterocycles. The largest absolute Gasteiger partial charge is 0.497 e. The number of aromatic nitrogens is 1. The third kappa shape index (κ3) is 4.18. The Balaban J connectivity index is 1.19. The monoisotopic (exact) mass is 464 g/mol. The van der Waals surface area contributed by atoms with E-state index in [4.69, 9.17) is 4.74 Å². The first-order chi connectivity index (χ1) is 16.4. The smallest absolute Gasteiger partial charge is 0.324 e. The minimum Gasteiger partial charge on any atom is -0.497 e. The molecule has 3 aliphatic heterocycles. The number of amides is 4. The second-order valence-corrected chi connectivity index (χ2v) is 9.29. The Kier molecular flexibility index (Phi) is 5.85. The second kappa shape index (κ2) is 8.96. The number of pyridine rings is 1. The van der Waals surface area contributed by atoms with Gasteiger partial charge < -0.3 is 19.5 Å². The Morgan fingerprint density at radius 3 is 2.62 bits per heavy atom. The van der Waals surface area contributed by atoms with Gasteiger partial charge in [0.05, 0.1) is 13.5 Å². The van der Waals surface area contributed by atoms with E-state index in [9.17, 15) is 19.2 Å². The molecule has 4 amide bonds. The number of rotatable bonds is 6. The molecule has 5 rings (SSSR count). The molecule has 0 aliphatic carbocycles. The van der Waals surface area contributed by atoms with Crippen molar-refractivity contribution >= 4 is 17.8 Å². The quantitative estimate of drug-likeness (QED) is 0.651. The standard InChI is InChI=1S/C25H28N4O5/c1-34-19-7-5-16(6-8-19)9-10-28-24(32)20(26-25(28)33)12-23(31)27-13-17-11-18(15-27)21-3-2-4-22(30)29(21)14-17/h2-8,17-18,20H,9-15H2,1H3,(H,26,33)/t17?,18?,20-/m0/s1. The summed E-state index contributed by atoms with van der Waals surface area (Å²) in [4.78, 5) is 53.6. The summed E-state index contributed by atoms with van der Waals surface area (Å²) in [5, 5.41) is 2.68. The summed E-state index contributed by atoms with van der Waals surface area (Å²) in [6.45, 7) is 1.94. The molecule has 178 valence electrons. The molecule has 0 saturated carbocycles. The third-order valence-corrected chi connectivity index (χ3v) is 7.10. The number of urea groups is 1. The van der Waals surface area contributed by atoms with Gasteiger partial charge in [-0.05, 0) is 42.5 Å². The van der Waals surface area contributed by atoms with Crippen LogP contribution in [0.1, 0.15) is 30.0 Å². The number of methoxy groups -OCH3 is 1. The summed E-state index contributed by atoms with van der Waals surface area (Å²) in [6, 6.07) is 11.5. The molecule has 2 fully saturated rings. The van der Waals surface area contributed by atoms with Crippen LogP contribution in [0.25, 0.3) is 0 Å². The number of benzene rings is 1. The minimum absolute atomic E-state index is 0.000901. The van der Waals surface area contributed by atoms with Crippen LogP contribution in [0.2, 0.25) is 0 Å². The predicted octanol–water partition coefficient (Wildman–Crippen LogP) is 1.36. The van der Waals surface area contributed by atoms with Gasteiger partial charge in [0.15, 0.2) is 0 Å². The van der Waals surface area contributed by atoms with Crippen LogP contribution in [-0.2, 0) is 22.6 Å². The maximum absolute atomic E-state index is 13.1. The fourth-order valence-electron chi connectivity index (χ4n) is 5.36. The lowest BCUT2D eigenvalue weighted by atomic mass is 9.83. The molecule has 2 aromatic rings. The number of imide groups is 1. The van der Waals surface area contributed by atoms with E-state index in [0.29, 0.717) is 26.1 Å². The first kappa shape index (κ1) is 22.2. The Morgan fingerprint density at radius 1 is 1.06 bits per heavy atom. The molecule has 34 heavy (non-hydrogen) atoms. The van der Waals surface area contributed by atoms with Crippen LogP contribution in [0, 0.1) is 5.92 Å². The van der Waals surface area contributed by atoms with Gasteiger partial charge in [0.25, 0.3) is 11.5 Å². The van der Waals surface area contributed by atoms with Gasteiger partial charge in [-0.25, -0.2) is 4.79 Å². The molecule has 3 aliphatic rings. The van der Waals surface area contributed by atoms with E-state index in [1.54, 1.807) is 24.1 Å². The van der Waals surface area contributed by atoms with E-state index in [0.717, 1.165) is 23.4 Å². The molecular weight excluding hydrogens is 436 g/mol. The van der Waals surface area contributed by atoms with Gasteiger partial charge in [-0.15, -0.1) is 0 Å². The van der Waals surface area contributed by atoms with Crippen molar-refractivity contribution in [1.29, 1.82) is 0 Å². The fourth-order valence-corrected chi connectivity index (χ4v) is 5.36. The van der Waals surface area contributed by atoms with Crippen LogP contribution < -0.4 is 15.6 Å². The van der Waals surface area contributed by atoms with Crippen LogP contribution in [0.5, 0.6) is 5.75 Å². The molecule has 1 aromatic carbocycles.